The lowest BCUT2D eigenvalue weighted by Gasteiger charge is -2.70. The highest BCUT2D eigenvalue weighted by Gasteiger charge is 2.68. The minimum Gasteiger partial charge on any atom is -0.465 e. The number of methoxy groups -OCH3 is 1. The van der Waals surface area contributed by atoms with Crippen LogP contribution in [0.25, 0.3) is 5.57 Å². The van der Waals surface area contributed by atoms with E-state index in [2.05, 4.69) is 64.4 Å². The lowest BCUT2D eigenvalue weighted by atomic mass is 9.36. The van der Waals surface area contributed by atoms with Crippen molar-refractivity contribution in [3.8, 4) is 0 Å². The van der Waals surface area contributed by atoms with Crippen molar-refractivity contribution in [1.82, 2.24) is 10.2 Å². The largest absolute Gasteiger partial charge is 0.465 e. The van der Waals surface area contributed by atoms with E-state index in [9.17, 15) is 4.79 Å². The fraction of sp³-hybridized carbons (Fsp3) is 0.744. The Morgan fingerprint density at radius 1 is 1.08 bits per heavy atom. The second kappa shape index (κ2) is 14.2. The monoisotopic (exact) mass is 676 g/mol. The van der Waals surface area contributed by atoms with Gasteiger partial charge in [0.2, 0.25) is 0 Å². The number of fused-ring (bicyclic) bond motifs is 5. The zero-order valence-electron chi connectivity index (χ0n) is 31.8. The molecule has 8 atom stereocenters. The van der Waals surface area contributed by atoms with Gasteiger partial charge >= 0.3 is 5.97 Å². The number of ether oxygens (including phenoxy) is 2. The molecule has 1 aliphatic heterocycles. The van der Waals surface area contributed by atoms with Crippen LogP contribution in [-0.2, 0) is 9.47 Å². The van der Waals surface area contributed by atoms with Crippen molar-refractivity contribution in [3.05, 3.63) is 53.4 Å². The van der Waals surface area contributed by atoms with E-state index in [-0.39, 0.29) is 27.9 Å². The van der Waals surface area contributed by atoms with Gasteiger partial charge in [-0.2, -0.15) is 0 Å². The van der Waals surface area contributed by atoms with Crippen LogP contribution in [0.3, 0.4) is 0 Å². The van der Waals surface area contributed by atoms with Crippen LogP contribution in [0, 0.1) is 51.7 Å². The van der Waals surface area contributed by atoms with E-state index >= 15 is 4.39 Å². The Hall–Kier alpha value is -2.02. The number of allylic oxidation sites excluding steroid dienone is 3. The smallest absolute Gasteiger partial charge is 0.340 e. The summed E-state index contributed by atoms with van der Waals surface area (Å²) in [4.78, 5) is 14.6. The highest BCUT2D eigenvalue weighted by Crippen LogP contribution is 2.73. The first kappa shape index (κ1) is 36.8. The lowest BCUT2D eigenvalue weighted by molar-refractivity contribution is -0.197. The molecule has 0 radical (unpaired) electrons. The number of hydrogen-bond donors (Lipinski definition) is 1. The Kier molecular flexibility index (Phi) is 10.6. The Balaban J connectivity index is 1.25. The Labute approximate surface area is 296 Å². The predicted molar refractivity (Wildman–Crippen MR) is 198 cm³/mol. The highest BCUT2D eigenvalue weighted by molar-refractivity contribution is 5.90. The molecule has 0 bridgehead atoms. The maximum Gasteiger partial charge on any atom is 0.340 e. The zero-order chi connectivity index (χ0) is 35.2. The Morgan fingerprint density at radius 3 is 2.51 bits per heavy atom. The summed E-state index contributed by atoms with van der Waals surface area (Å²) in [5.74, 6) is 1.75. The highest BCUT2D eigenvalue weighted by atomic mass is 19.1. The van der Waals surface area contributed by atoms with Gasteiger partial charge < -0.3 is 14.8 Å². The van der Waals surface area contributed by atoms with Crippen LogP contribution < -0.4 is 5.32 Å². The number of rotatable bonds is 10. The number of nitrogens with zero attached hydrogens (tertiary/aromatic N) is 1. The quantitative estimate of drug-likeness (QED) is 0.198. The SMILES string of the molecule is C=C(C)C1CCC2(NCCN3CCOCC3)CCC3(C)C(CCC4C(C)(CC=C(c5ccc(C(=O)OC)c(F)c5)C(C)C)CCCC43C)C12. The van der Waals surface area contributed by atoms with Crippen molar-refractivity contribution >= 4 is 11.5 Å². The van der Waals surface area contributed by atoms with Gasteiger partial charge in [-0.1, -0.05) is 65.3 Å². The molecule has 4 aliphatic carbocycles. The van der Waals surface area contributed by atoms with Crippen molar-refractivity contribution in [2.75, 3.05) is 46.5 Å². The number of morpholine rings is 1. The first-order valence-electron chi connectivity index (χ1n) is 19.6. The molecule has 1 N–H and O–H groups in total. The summed E-state index contributed by atoms with van der Waals surface area (Å²) in [5.41, 5.74) is 4.44. The number of carbonyl (C=O) groups is 1. The zero-order valence-corrected chi connectivity index (χ0v) is 31.8. The minimum atomic E-state index is -0.631. The van der Waals surface area contributed by atoms with Crippen molar-refractivity contribution in [2.45, 2.75) is 111 Å². The number of hydrogen-bond acceptors (Lipinski definition) is 5. The molecule has 0 spiro atoms. The van der Waals surface area contributed by atoms with Gasteiger partial charge in [-0.3, -0.25) is 4.90 Å². The van der Waals surface area contributed by atoms with Crippen LogP contribution in [-0.4, -0.2) is 62.9 Å². The summed E-state index contributed by atoms with van der Waals surface area (Å²) in [6.07, 6.45) is 15.0. The van der Waals surface area contributed by atoms with Crippen LogP contribution in [0.4, 0.5) is 4.39 Å². The fourth-order valence-electron chi connectivity index (χ4n) is 12.4. The van der Waals surface area contributed by atoms with Crippen molar-refractivity contribution in [1.29, 1.82) is 0 Å². The lowest BCUT2D eigenvalue weighted by Crippen LogP contribution is -2.66. The van der Waals surface area contributed by atoms with E-state index in [1.54, 1.807) is 6.07 Å². The standard InChI is InChI=1S/C43H65FN2O3/c1-29(2)32(31-10-11-34(36(44)28-31)39(47)48-8)14-18-40(5)16-9-17-42(7)37(40)13-12-35-38-33(30(3)4)15-19-43(38,21-20-41(35,42)6)45-22-23-46-24-26-49-27-25-46/h10-11,14,28-29,33,35,37-38,45H,3,9,12-13,15-27H2,1-2,4-8H3. The third kappa shape index (κ3) is 6.50. The van der Waals surface area contributed by atoms with Crippen LogP contribution in [0.2, 0.25) is 0 Å². The van der Waals surface area contributed by atoms with Crippen molar-refractivity contribution < 1.29 is 18.7 Å². The fourth-order valence-corrected chi connectivity index (χ4v) is 12.4. The molecule has 1 aromatic rings. The second-order valence-corrected chi connectivity index (χ2v) is 17.8. The Bertz CT molecular complexity index is 1420. The maximum atomic E-state index is 15.1. The minimum absolute atomic E-state index is 0.00526. The molecular weight excluding hydrogens is 611 g/mol. The summed E-state index contributed by atoms with van der Waals surface area (Å²) < 4.78 is 25.5. The van der Waals surface area contributed by atoms with Crippen LogP contribution in [0.1, 0.15) is 122 Å². The third-order valence-electron chi connectivity index (χ3n) is 15.2. The van der Waals surface area contributed by atoms with Gasteiger partial charge in [0, 0.05) is 31.7 Å². The summed E-state index contributed by atoms with van der Waals surface area (Å²) in [7, 11) is 1.29. The van der Waals surface area contributed by atoms with E-state index in [4.69, 9.17) is 9.47 Å². The number of halogens is 1. The molecule has 6 heteroatoms. The van der Waals surface area contributed by atoms with E-state index in [0.717, 1.165) is 51.4 Å². The summed E-state index contributed by atoms with van der Waals surface area (Å²) in [5, 5.41) is 4.27. The molecule has 4 saturated carbocycles. The van der Waals surface area contributed by atoms with Crippen molar-refractivity contribution in [3.63, 3.8) is 0 Å². The predicted octanol–water partition coefficient (Wildman–Crippen LogP) is 9.33. The van der Waals surface area contributed by atoms with Gasteiger partial charge in [0.1, 0.15) is 5.82 Å². The van der Waals surface area contributed by atoms with Gasteiger partial charge in [-0.25, -0.2) is 9.18 Å². The third-order valence-corrected chi connectivity index (χ3v) is 15.2. The van der Waals surface area contributed by atoms with Crippen LogP contribution in [0.15, 0.2) is 36.4 Å². The van der Waals surface area contributed by atoms with E-state index in [1.165, 1.54) is 82.1 Å². The molecule has 0 aromatic heterocycles. The van der Waals surface area contributed by atoms with Gasteiger partial charge in [-0.15, -0.1) is 0 Å². The van der Waals surface area contributed by atoms with Crippen molar-refractivity contribution in [2.24, 2.45) is 45.8 Å². The topological polar surface area (TPSA) is 50.8 Å². The van der Waals surface area contributed by atoms with Crippen LogP contribution in [0.5, 0.6) is 0 Å². The average molecular weight is 677 g/mol. The first-order chi connectivity index (χ1) is 23.3. The molecule has 8 unspecified atom stereocenters. The van der Waals surface area contributed by atoms with Gasteiger partial charge in [0.15, 0.2) is 0 Å². The average Bonchev–Trinajstić information content (AvgIpc) is 3.45. The molecule has 5 fully saturated rings. The molecule has 6 rings (SSSR count). The van der Waals surface area contributed by atoms with E-state index in [1.807, 2.05) is 6.07 Å². The summed E-state index contributed by atoms with van der Waals surface area (Å²) in [6.45, 7) is 25.3. The number of benzene rings is 1. The number of nitrogens with one attached hydrogen (secondary N) is 1. The molecule has 1 heterocycles. The number of carbonyl (C=O) groups excluding carboxylic acids is 1. The molecule has 49 heavy (non-hydrogen) atoms. The molecule has 1 saturated heterocycles. The Morgan fingerprint density at radius 2 is 1.84 bits per heavy atom. The van der Waals surface area contributed by atoms with Crippen LogP contribution >= 0.6 is 0 Å². The maximum absolute atomic E-state index is 15.1. The number of esters is 1. The molecule has 5 nitrogen and oxygen atoms in total. The normalized spacial score (nSPS) is 38.1. The summed E-state index contributed by atoms with van der Waals surface area (Å²) in [6, 6.07) is 5.00. The molecule has 1 aromatic carbocycles. The van der Waals surface area contributed by atoms with Gasteiger partial charge in [0.05, 0.1) is 25.9 Å². The molecule has 272 valence electrons. The summed E-state index contributed by atoms with van der Waals surface area (Å²) >= 11 is 0. The molecular formula is C43H65FN2O3. The van der Waals surface area contributed by atoms with E-state index < -0.39 is 11.8 Å². The molecule has 0 amide bonds. The first-order valence-corrected chi connectivity index (χ1v) is 19.6. The van der Waals surface area contributed by atoms with Gasteiger partial charge in [-0.05, 0) is 134 Å². The van der Waals surface area contributed by atoms with E-state index in [0.29, 0.717) is 29.1 Å². The molecule has 5 aliphatic rings. The van der Waals surface area contributed by atoms with Gasteiger partial charge in [0.25, 0.3) is 0 Å². The second-order valence-electron chi connectivity index (χ2n) is 17.8.